The van der Waals surface area contributed by atoms with Gasteiger partial charge in [0.25, 0.3) is 5.56 Å². The maximum atomic E-state index is 12.1. The van der Waals surface area contributed by atoms with Crippen LogP contribution in [0.1, 0.15) is 39.7 Å². The average Bonchev–Trinajstić information content (AvgIpc) is 2.40. The fraction of sp³-hybridized carbons (Fsp3) is 0.643. The normalized spacial score (nSPS) is 19.4. The second-order valence-corrected chi connectivity index (χ2v) is 6.56. The number of carbonyl (C=O) groups excluding carboxylic acids is 1. The molecule has 1 aliphatic rings. The fourth-order valence-corrected chi connectivity index (χ4v) is 2.45. The van der Waals surface area contributed by atoms with Crippen LogP contribution in [0.5, 0.6) is 0 Å². The Morgan fingerprint density at radius 3 is 2.86 bits per heavy atom. The highest BCUT2D eigenvalue weighted by Crippen LogP contribution is 2.21. The summed E-state index contributed by atoms with van der Waals surface area (Å²) in [6, 6.07) is 1.30. The fourth-order valence-electron chi connectivity index (χ4n) is 2.31. The predicted molar refractivity (Wildman–Crippen MR) is 79.6 cm³/mol. The number of hydrogen-bond acceptors (Lipinski definition) is 4. The molecular weight excluding hydrogens is 294 g/mol. The van der Waals surface area contributed by atoms with E-state index < -0.39 is 5.60 Å². The van der Waals surface area contributed by atoms with Gasteiger partial charge in [0.05, 0.1) is 6.04 Å². The predicted octanol–water partition coefficient (Wildman–Crippen LogP) is 2.47. The largest absolute Gasteiger partial charge is 0.444 e. The Hall–Kier alpha value is -1.56. The molecule has 1 amide bonds. The zero-order valence-corrected chi connectivity index (χ0v) is 13.3. The van der Waals surface area contributed by atoms with Gasteiger partial charge >= 0.3 is 6.09 Å². The van der Waals surface area contributed by atoms with Crippen molar-refractivity contribution >= 4 is 17.7 Å². The highest BCUT2D eigenvalue weighted by atomic mass is 35.5. The minimum atomic E-state index is -0.533. The van der Waals surface area contributed by atoms with E-state index in [1.165, 1.54) is 16.9 Å². The highest BCUT2D eigenvalue weighted by Gasteiger charge is 2.29. The van der Waals surface area contributed by atoms with E-state index in [4.69, 9.17) is 16.3 Å². The van der Waals surface area contributed by atoms with Crippen LogP contribution in [0.3, 0.4) is 0 Å². The zero-order valence-electron chi connectivity index (χ0n) is 12.5. The van der Waals surface area contributed by atoms with Crippen molar-refractivity contribution in [1.82, 2.24) is 14.7 Å². The summed E-state index contributed by atoms with van der Waals surface area (Å²) in [5.74, 6) is 0. The Labute approximate surface area is 128 Å². The second-order valence-electron chi connectivity index (χ2n) is 6.15. The summed E-state index contributed by atoms with van der Waals surface area (Å²) in [6.45, 7) is 6.52. The van der Waals surface area contributed by atoms with E-state index in [2.05, 4.69) is 5.10 Å². The number of carbonyl (C=O) groups is 1. The molecule has 1 atom stereocenters. The third-order valence-electron chi connectivity index (χ3n) is 3.22. The van der Waals surface area contributed by atoms with Gasteiger partial charge in [-0.05, 0) is 39.7 Å². The minimum Gasteiger partial charge on any atom is -0.444 e. The Morgan fingerprint density at radius 2 is 2.19 bits per heavy atom. The average molecular weight is 314 g/mol. The second kappa shape index (κ2) is 6.05. The van der Waals surface area contributed by atoms with Crippen LogP contribution in [-0.2, 0) is 4.74 Å². The third kappa shape index (κ3) is 3.97. The van der Waals surface area contributed by atoms with Crippen LogP contribution in [-0.4, -0.2) is 39.5 Å². The molecule has 1 fully saturated rings. The van der Waals surface area contributed by atoms with Gasteiger partial charge in [0.15, 0.2) is 0 Å². The van der Waals surface area contributed by atoms with E-state index in [1.807, 2.05) is 20.8 Å². The van der Waals surface area contributed by atoms with Crippen LogP contribution in [0.15, 0.2) is 17.1 Å². The van der Waals surface area contributed by atoms with E-state index in [-0.39, 0.29) is 22.7 Å². The number of ether oxygens (including phenoxy) is 1. The summed E-state index contributed by atoms with van der Waals surface area (Å²) in [4.78, 5) is 25.7. The molecule has 0 N–H and O–H groups in total. The van der Waals surface area contributed by atoms with Crippen molar-refractivity contribution in [3.8, 4) is 0 Å². The summed E-state index contributed by atoms with van der Waals surface area (Å²) in [5.41, 5.74) is -0.856. The molecule has 0 radical (unpaired) electrons. The van der Waals surface area contributed by atoms with Gasteiger partial charge in [0, 0.05) is 19.3 Å². The van der Waals surface area contributed by atoms with Gasteiger partial charge in [-0.25, -0.2) is 9.48 Å². The van der Waals surface area contributed by atoms with Crippen molar-refractivity contribution in [1.29, 1.82) is 0 Å². The molecule has 2 heterocycles. The van der Waals surface area contributed by atoms with Crippen LogP contribution < -0.4 is 5.56 Å². The standard InChI is InChI=1S/C14H20ClN3O3/c1-14(2,3)21-13(20)17-8-4-5-10(9-17)18-12(19)11(15)6-7-16-18/h6-7,10H,4-5,8-9H2,1-3H3/t10-/m1/s1. The summed E-state index contributed by atoms with van der Waals surface area (Å²) >= 11 is 5.84. The van der Waals surface area contributed by atoms with Crippen molar-refractivity contribution in [2.75, 3.05) is 13.1 Å². The molecule has 1 aromatic rings. The summed E-state index contributed by atoms with van der Waals surface area (Å²) in [7, 11) is 0. The monoisotopic (exact) mass is 313 g/mol. The molecule has 1 saturated heterocycles. The van der Waals surface area contributed by atoms with Gasteiger partial charge in [-0.3, -0.25) is 4.79 Å². The van der Waals surface area contributed by atoms with Crippen molar-refractivity contribution in [2.45, 2.75) is 45.3 Å². The Kier molecular flexibility index (Phi) is 4.56. The zero-order chi connectivity index (χ0) is 15.6. The number of likely N-dealkylation sites (tertiary alicyclic amines) is 1. The van der Waals surface area contributed by atoms with Gasteiger partial charge in [0.2, 0.25) is 0 Å². The SMILES string of the molecule is CC(C)(C)OC(=O)N1CCC[C@@H](n2nccc(Cl)c2=O)C1. The van der Waals surface area contributed by atoms with Gasteiger partial charge in [-0.2, -0.15) is 5.10 Å². The number of rotatable bonds is 1. The topological polar surface area (TPSA) is 64.4 Å². The van der Waals surface area contributed by atoms with Crippen molar-refractivity contribution in [3.63, 3.8) is 0 Å². The third-order valence-corrected chi connectivity index (χ3v) is 3.51. The number of hydrogen-bond donors (Lipinski definition) is 0. The van der Waals surface area contributed by atoms with Gasteiger partial charge in [-0.15, -0.1) is 0 Å². The maximum Gasteiger partial charge on any atom is 0.410 e. The van der Waals surface area contributed by atoms with Crippen LogP contribution in [0.2, 0.25) is 5.02 Å². The van der Waals surface area contributed by atoms with Crippen molar-refractivity contribution in [2.24, 2.45) is 0 Å². The lowest BCUT2D eigenvalue weighted by Gasteiger charge is -2.34. The van der Waals surface area contributed by atoms with Crippen LogP contribution in [0, 0.1) is 0 Å². The minimum absolute atomic E-state index is 0.138. The summed E-state index contributed by atoms with van der Waals surface area (Å²) < 4.78 is 6.73. The highest BCUT2D eigenvalue weighted by molar-refractivity contribution is 6.30. The molecule has 0 aromatic carbocycles. The molecule has 0 aliphatic carbocycles. The molecule has 2 rings (SSSR count). The molecule has 0 bridgehead atoms. The van der Waals surface area contributed by atoms with Gasteiger partial charge < -0.3 is 9.64 Å². The Bertz CT molecular complexity index is 580. The van der Waals surface area contributed by atoms with Gasteiger partial charge in [0.1, 0.15) is 10.6 Å². The van der Waals surface area contributed by atoms with E-state index in [1.54, 1.807) is 4.90 Å². The number of amides is 1. The molecule has 0 spiro atoms. The lowest BCUT2D eigenvalue weighted by molar-refractivity contribution is 0.0165. The van der Waals surface area contributed by atoms with Crippen molar-refractivity contribution in [3.05, 3.63) is 27.6 Å². The lowest BCUT2D eigenvalue weighted by atomic mass is 10.1. The van der Waals surface area contributed by atoms with E-state index in [0.717, 1.165) is 12.8 Å². The van der Waals surface area contributed by atoms with Crippen LogP contribution in [0.4, 0.5) is 4.79 Å². The first-order chi connectivity index (χ1) is 9.78. The summed E-state index contributed by atoms with van der Waals surface area (Å²) in [6.07, 6.45) is 2.72. The molecule has 7 heteroatoms. The lowest BCUT2D eigenvalue weighted by Crippen LogP contribution is -2.45. The Morgan fingerprint density at radius 1 is 1.48 bits per heavy atom. The molecule has 0 saturated carbocycles. The van der Waals surface area contributed by atoms with Gasteiger partial charge in [-0.1, -0.05) is 11.6 Å². The summed E-state index contributed by atoms with van der Waals surface area (Å²) in [5, 5.41) is 4.21. The molecule has 1 aromatic heterocycles. The molecular formula is C14H20ClN3O3. The quantitative estimate of drug-likeness (QED) is 0.799. The van der Waals surface area contributed by atoms with Crippen LogP contribution in [0.25, 0.3) is 0 Å². The molecule has 0 unspecified atom stereocenters. The Balaban J connectivity index is 2.12. The van der Waals surface area contributed by atoms with Crippen molar-refractivity contribution < 1.29 is 9.53 Å². The van der Waals surface area contributed by atoms with E-state index in [0.29, 0.717) is 13.1 Å². The first-order valence-electron chi connectivity index (χ1n) is 6.99. The molecule has 1 aliphatic heterocycles. The number of aromatic nitrogens is 2. The molecule has 6 nitrogen and oxygen atoms in total. The smallest absolute Gasteiger partial charge is 0.410 e. The molecule has 116 valence electrons. The molecule has 21 heavy (non-hydrogen) atoms. The number of halogens is 1. The van der Waals surface area contributed by atoms with E-state index >= 15 is 0 Å². The maximum absolute atomic E-state index is 12.1. The first-order valence-corrected chi connectivity index (χ1v) is 7.37. The van der Waals surface area contributed by atoms with Crippen LogP contribution >= 0.6 is 11.6 Å². The number of piperidine rings is 1. The number of nitrogens with zero attached hydrogens (tertiary/aromatic N) is 3. The first kappa shape index (κ1) is 15.8. The van der Waals surface area contributed by atoms with E-state index in [9.17, 15) is 9.59 Å².